The molecule has 2 aromatic rings. The van der Waals surface area contributed by atoms with Gasteiger partial charge in [0.05, 0.1) is 6.61 Å². The Morgan fingerprint density at radius 1 is 1.33 bits per heavy atom. The molecule has 0 saturated carbocycles. The quantitative estimate of drug-likeness (QED) is 0.844. The number of carbonyl (C=O) groups excluding carboxylic acids is 1. The first-order valence-corrected chi connectivity index (χ1v) is 8.51. The summed E-state index contributed by atoms with van der Waals surface area (Å²) < 4.78 is 10.5. The summed E-state index contributed by atoms with van der Waals surface area (Å²) in [7, 11) is 0. The molecule has 0 spiro atoms. The van der Waals surface area contributed by atoms with Crippen molar-refractivity contribution in [2.75, 3.05) is 19.8 Å². The van der Waals surface area contributed by atoms with Gasteiger partial charge in [0.25, 0.3) is 0 Å². The number of amides is 1. The van der Waals surface area contributed by atoms with E-state index in [-0.39, 0.29) is 5.91 Å². The van der Waals surface area contributed by atoms with Gasteiger partial charge in [-0.15, -0.1) is 0 Å². The highest BCUT2D eigenvalue weighted by atomic mass is 16.5. The molecule has 1 saturated heterocycles. The Bertz CT molecular complexity index is 660. The topological polar surface area (TPSA) is 77.2 Å². The van der Waals surface area contributed by atoms with Crippen LogP contribution in [0.2, 0.25) is 0 Å². The van der Waals surface area contributed by atoms with Crippen LogP contribution in [-0.4, -0.2) is 35.8 Å². The van der Waals surface area contributed by atoms with Crippen LogP contribution in [0.4, 0.5) is 0 Å². The van der Waals surface area contributed by atoms with E-state index >= 15 is 0 Å². The normalized spacial score (nSPS) is 17.1. The van der Waals surface area contributed by atoms with Gasteiger partial charge in [-0.1, -0.05) is 36.3 Å². The molecule has 1 amide bonds. The van der Waals surface area contributed by atoms with Gasteiger partial charge in [0, 0.05) is 37.5 Å². The Hall–Kier alpha value is -2.21. The third-order valence-corrected chi connectivity index (χ3v) is 4.27. The Kier molecular flexibility index (Phi) is 5.59. The second-order valence-electron chi connectivity index (χ2n) is 6.10. The first kappa shape index (κ1) is 16.6. The monoisotopic (exact) mass is 329 g/mol. The fourth-order valence-corrected chi connectivity index (χ4v) is 2.67. The van der Waals surface area contributed by atoms with E-state index in [0.29, 0.717) is 37.0 Å². The van der Waals surface area contributed by atoms with Crippen LogP contribution >= 0.6 is 0 Å². The predicted molar refractivity (Wildman–Crippen MR) is 89.4 cm³/mol. The van der Waals surface area contributed by atoms with Crippen molar-refractivity contribution >= 4 is 5.91 Å². The van der Waals surface area contributed by atoms with Crippen molar-refractivity contribution in [1.82, 2.24) is 15.5 Å². The van der Waals surface area contributed by atoms with Crippen LogP contribution in [-0.2, 0) is 22.4 Å². The molecule has 2 heterocycles. The van der Waals surface area contributed by atoms with Crippen LogP contribution in [0.15, 0.2) is 28.8 Å². The van der Waals surface area contributed by atoms with Gasteiger partial charge < -0.3 is 14.6 Å². The summed E-state index contributed by atoms with van der Waals surface area (Å²) in [5.41, 5.74) is 2.19. The standard InChI is InChI=1S/C18H23N3O3/c1-2-13-3-5-15(6-4-13)18-20-17(24-21-18)8-7-16(22)19-11-14-9-10-23-12-14/h3-6,14H,2,7-12H2,1H3,(H,19,22)/t14-/m1/s1. The number of aryl methyl sites for hydroxylation is 2. The van der Waals surface area contributed by atoms with Crippen LogP contribution in [0.1, 0.15) is 31.2 Å². The molecule has 0 aliphatic carbocycles. The summed E-state index contributed by atoms with van der Waals surface area (Å²) in [6.07, 6.45) is 2.82. The first-order chi connectivity index (χ1) is 11.7. The highest BCUT2D eigenvalue weighted by Gasteiger charge is 2.16. The number of nitrogens with one attached hydrogen (secondary N) is 1. The summed E-state index contributed by atoms with van der Waals surface area (Å²) in [5, 5.41) is 6.93. The zero-order chi connectivity index (χ0) is 16.8. The zero-order valence-corrected chi connectivity index (χ0v) is 14.0. The SMILES string of the molecule is CCc1ccc(-c2noc(CCC(=O)NC[C@H]3CCOC3)n2)cc1. The lowest BCUT2D eigenvalue weighted by Gasteiger charge is -2.08. The van der Waals surface area contributed by atoms with Crippen LogP contribution < -0.4 is 5.32 Å². The summed E-state index contributed by atoms with van der Waals surface area (Å²) >= 11 is 0. The Labute approximate surface area is 141 Å². The molecule has 6 heteroatoms. The Morgan fingerprint density at radius 2 is 2.17 bits per heavy atom. The van der Waals surface area contributed by atoms with E-state index in [1.807, 2.05) is 12.1 Å². The Balaban J connectivity index is 1.47. The smallest absolute Gasteiger partial charge is 0.227 e. The van der Waals surface area contributed by atoms with Crippen molar-refractivity contribution in [2.24, 2.45) is 5.92 Å². The molecule has 6 nitrogen and oxygen atoms in total. The van der Waals surface area contributed by atoms with E-state index in [9.17, 15) is 4.79 Å². The van der Waals surface area contributed by atoms with Gasteiger partial charge in [0.15, 0.2) is 0 Å². The van der Waals surface area contributed by atoms with Gasteiger partial charge in [-0.05, 0) is 18.4 Å². The number of hydrogen-bond acceptors (Lipinski definition) is 5. The number of aromatic nitrogens is 2. The number of nitrogens with zero attached hydrogens (tertiary/aromatic N) is 2. The van der Waals surface area contributed by atoms with E-state index in [0.717, 1.165) is 31.6 Å². The molecule has 1 atom stereocenters. The maximum Gasteiger partial charge on any atom is 0.227 e. The summed E-state index contributed by atoms with van der Waals surface area (Å²) in [5.74, 6) is 1.50. The second kappa shape index (κ2) is 8.06. The molecule has 0 radical (unpaired) electrons. The predicted octanol–water partition coefficient (Wildman–Crippen LogP) is 2.38. The minimum absolute atomic E-state index is 0.00829. The van der Waals surface area contributed by atoms with Crippen molar-refractivity contribution in [1.29, 1.82) is 0 Å². The highest BCUT2D eigenvalue weighted by molar-refractivity contribution is 5.76. The van der Waals surface area contributed by atoms with Crippen LogP contribution in [0.5, 0.6) is 0 Å². The van der Waals surface area contributed by atoms with Crippen molar-refractivity contribution < 1.29 is 14.1 Å². The average Bonchev–Trinajstić information content (AvgIpc) is 3.30. The van der Waals surface area contributed by atoms with E-state index in [2.05, 4.69) is 34.5 Å². The lowest BCUT2D eigenvalue weighted by molar-refractivity contribution is -0.121. The molecule has 1 N–H and O–H groups in total. The molecule has 128 valence electrons. The number of benzene rings is 1. The zero-order valence-electron chi connectivity index (χ0n) is 14.0. The average molecular weight is 329 g/mol. The van der Waals surface area contributed by atoms with E-state index in [1.54, 1.807) is 0 Å². The highest BCUT2D eigenvalue weighted by Crippen LogP contribution is 2.17. The van der Waals surface area contributed by atoms with Gasteiger partial charge >= 0.3 is 0 Å². The lowest BCUT2D eigenvalue weighted by Crippen LogP contribution is -2.29. The van der Waals surface area contributed by atoms with Gasteiger partial charge in [-0.25, -0.2) is 0 Å². The fourth-order valence-electron chi connectivity index (χ4n) is 2.67. The molecular weight excluding hydrogens is 306 g/mol. The summed E-state index contributed by atoms with van der Waals surface area (Å²) in [6, 6.07) is 8.10. The molecule has 1 aliphatic heterocycles. The maximum atomic E-state index is 11.9. The van der Waals surface area contributed by atoms with Gasteiger partial charge in [-0.2, -0.15) is 4.98 Å². The van der Waals surface area contributed by atoms with E-state index < -0.39 is 0 Å². The maximum absolute atomic E-state index is 11.9. The molecule has 1 aliphatic rings. The van der Waals surface area contributed by atoms with Crippen LogP contribution in [0.25, 0.3) is 11.4 Å². The minimum atomic E-state index is 0.00829. The number of hydrogen-bond donors (Lipinski definition) is 1. The van der Waals surface area contributed by atoms with Crippen molar-refractivity contribution in [3.8, 4) is 11.4 Å². The largest absolute Gasteiger partial charge is 0.381 e. The number of carbonyl (C=O) groups is 1. The van der Waals surface area contributed by atoms with Crippen LogP contribution in [0.3, 0.4) is 0 Å². The third-order valence-electron chi connectivity index (χ3n) is 4.27. The lowest BCUT2D eigenvalue weighted by atomic mass is 10.1. The van der Waals surface area contributed by atoms with Gasteiger partial charge in [0.1, 0.15) is 0 Å². The third kappa shape index (κ3) is 4.41. The molecule has 1 fully saturated rings. The molecule has 1 aromatic carbocycles. The van der Waals surface area contributed by atoms with Gasteiger partial charge in [0.2, 0.25) is 17.6 Å². The van der Waals surface area contributed by atoms with Crippen molar-refractivity contribution in [3.63, 3.8) is 0 Å². The van der Waals surface area contributed by atoms with E-state index in [4.69, 9.17) is 9.26 Å². The molecule has 0 bridgehead atoms. The summed E-state index contributed by atoms with van der Waals surface area (Å²) in [6.45, 7) is 4.33. The van der Waals surface area contributed by atoms with E-state index in [1.165, 1.54) is 5.56 Å². The summed E-state index contributed by atoms with van der Waals surface area (Å²) in [4.78, 5) is 16.2. The molecule has 24 heavy (non-hydrogen) atoms. The fraction of sp³-hybridized carbons (Fsp3) is 0.500. The molecule has 1 aromatic heterocycles. The van der Waals surface area contributed by atoms with Crippen LogP contribution in [0, 0.1) is 5.92 Å². The molecule has 3 rings (SSSR count). The van der Waals surface area contributed by atoms with Crippen molar-refractivity contribution in [3.05, 3.63) is 35.7 Å². The molecule has 0 unspecified atom stereocenters. The number of ether oxygens (including phenoxy) is 1. The minimum Gasteiger partial charge on any atom is -0.381 e. The Morgan fingerprint density at radius 3 is 2.88 bits per heavy atom. The second-order valence-corrected chi connectivity index (χ2v) is 6.10. The molecular formula is C18H23N3O3. The first-order valence-electron chi connectivity index (χ1n) is 8.51. The van der Waals surface area contributed by atoms with Gasteiger partial charge in [-0.3, -0.25) is 4.79 Å². The van der Waals surface area contributed by atoms with Crippen molar-refractivity contribution in [2.45, 2.75) is 32.6 Å². The number of rotatable bonds is 7.